The molecule has 0 fully saturated rings. The van der Waals surface area contributed by atoms with Crippen molar-refractivity contribution in [2.24, 2.45) is 0 Å². The first-order chi connectivity index (χ1) is 7.13. The fraction of sp³-hybridized carbons (Fsp3) is 0.417. The van der Waals surface area contributed by atoms with Gasteiger partial charge in [0.15, 0.2) is 0 Å². The standard InChI is InChI=1S/C12H16O3/c1-9-8-10(4-3-5-12(13)14)6-7-11(9)15-2/h6-8H,3-5H2,1-2H3,(H,13,14)/p-1. The van der Waals surface area contributed by atoms with Crippen LogP contribution in [-0.2, 0) is 11.2 Å². The Kier molecular flexibility index (Phi) is 4.16. The molecule has 3 nitrogen and oxygen atoms in total. The molecule has 0 heterocycles. The Labute approximate surface area is 89.7 Å². The fourth-order valence-electron chi connectivity index (χ4n) is 1.53. The Morgan fingerprint density at radius 2 is 2.20 bits per heavy atom. The van der Waals surface area contributed by atoms with Crippen LogP contribution in [0.1, 0.15) is 24.0 Å². The lowest BCUT2D eigenvalue weighted by molar-refractivity contribution is -0.305. The zero-order chi connectivity index (χ0) is 11.3. The number of benzene rings is 1. The van der Waals surface area contributed by atoms with Gasteiger partial charge in [-0.15, -0.1) is 0 Å². The topological polar surface area (TPSA) is 49.4 Å². The van der Waals surface area contributed by atoms with Gasteiger partial charge in [0, 0.05) is 5.97 Å². The predicted molar refractivity (Wildman–Crippen MR) is 55.7 cm³/mol. The smallest absolute Gasteiger partial charge is 0.121 e. The Hall–Kier alpha value is -1.51. The van der Waals surface area contributed by atoms with Gasteiger partial charge in [-0.3, -0.25) is 0 Å². The molecule has 0 aliphatic carbocycles. The van der Waals surface area contributed by atoms with Gasteiger partial charge in [0.2, 0.25) is 0 Å². The molecule has 0 aliphatic heterocycles. The molecule has 0 bridgehead atoms. The summed E-state index contributed by atoms with van der Waals surface area (Å²) in [4.78, 5) is 10.2. The van der Waals surface area contributed by atoms with Crippen LogP contribution in [0.15, 0.2) is 18.2 Å². The van der Waals surface area contributed by atoms with Crippen LogP contribution in [-0.4, -0.2) is 13.1 Å². The van der Waals surface area contributed by atoms with Crippen LogP contribution in [0.3, 0.4) is 0 Å². The Morgan fingerprint density at radius 1 is 1.47 bits per heavy atom. The van der Waals surface area contributed by atoms with E-state index in [0.717, 1.165) is 23.3 Å². The second-order valence-corrected chi connectivity index (χ2v) is 3.53. The number of ether oxygens (including phenoxy) is 1. The fourth-order valence-corrected chi connectivity index (χ4v) is 1.53. The summed E-state index contributed by atoms with van der Waals surface area (Å²) in [6.45, 7) is 1.97. The number of aliphatic carboxylic acids is 1. The number of hydrogen-bond donors (Lipinski definition) is 0. The molecule has 0 amide bonds. The normalized spacial score (nSPS) is 10.0. The van der Waals surface area contributed by atoms with Crippen LogP contribution >= 0.6 is 0 Å². The largest absolute Gasteiger partial charge is 0.550 e. The van der Waals surface area contributed by atoms with Gasteiger partial charge in [-0.1, -0.05) is 12.1 Å². The van der Waals surface area contributed by atoms with Crippen molar-refractivity contribution in [1.82, 2.24) is 0 Å². The first kappa shape index (κ1) is 11.6. The average molecular weight is 207 g/mol. The quantitative estimate of drug-likeness (QED) is 0.725. The van der Waals surface area contributed by atoms with E-state index in [2.05, 4.69) is 0 Å². The van der Waals surface area contributed by atoms with E-state index >= 15 is 0 Å². The molecule has 1 aromatic rings. The molecule has 3 heteroatoms. The third kappa shape index (κ3) is 3.62. The Morgan fingerprint density at radius 3 is 2.73 bits per heavy atom. The van der Waals surface area contributed by atoms with Crippen molar-refractivity contribution in [3.8, 4) is 5.75 Å². The molecule has 15 heavy (non-hydrogen) atoms. The highest BCUT2D eigenvalue weighted by molar-refractivity contribution is 5.64. The summed E-state index contributed by atoms with van der Waals surface area (Å²) in [7, 11) is 1.64. The number of hydrogen-bond acceptors (Lipinski definition) is 3. The zero-order valence-corrected chi connectivity index (χ0v) is 9.08. The third-order valence-electron chi connectivity index (χ3n) is 2.31. The summed E-state index contributed by atoms with van der Waals surface area (Å²) in [5, 5.41) is 10.2. The first-order valence-corrected chi connectivity index (χ1v) is 4.97. The summed E-state index contributed by atoms with van der Waals surface area (Å²) in [5.74, 6) is -0.126. The molecule has 0 unspecified atom stereocenters. The zero-order valence-electron chi connectivity index (χ0n) is 9.08. The molecular weight excluding hydrogens is 192 g/mol. The van der Waals surface area contributed by atoms with Crippen LogP contribution in [0.2, 0.25) is 0 Å². The number of carbonyl (C=O) groups is 1. The maximum atomic E-state index is 10.2. The van der Waals surface area contributed by atoms with E-state index in [0.29, 0.717) is 6.42 Å². The molecule has 0 saturated carbocycles. The molecule has 0 spiro atoms. The lowest BCUT2D eigenvalue weighted by Crippen LogP contribution is -2.21. The van der Waals surface area contributed by atoms with Gasteiger partial charge in [-0.2, -0.15) is 0 Å². The maximum Gasteiger partial charge on any atom is 0.121 e. The minimum absolute atomic E-state index is 0.116. The van der Waals surface area contributed by atoms with Crippen molar-refractivity contribution in [2.75, 3.05) is 7.11 Å². The third-order valence-corrected chi connectivity index (χ3v) is 2.31. The van der Waals surface area contributed by atoms with Gasteiger partial charge in [-0.05, 0) is 43.4 Å². The number of aryl methyl sites for hydroxylation is 2. The van der Waals surface area contributed by atoms with E-state index in [9.17, 15) is 9.90 Å². The average Bonchev–Trinajstić information content (AvgIpc) is 2.17. The lowest BCUT2D eigenvalue weighted by atomic mass is 10.1. The molecule has 1 aromatic carbocycles. The molecule has 0 saturated heterocycles. The highest BCUT2D eigenvalue weighted by atomic mass is 16.5. The van der Waals surface area contributed by atoms with E-state index in [1.54, 1.807) is 7.11 Å². The van der Waals surface area contributed by atoms with Crippen molar-refractivity contribution in [1.29, 1.82) is 0 Å². The molecule has 0 N–H and O–H groups in total. The second kappa shape index (κ2) is 5.39. The van der Waals surface area contributed by atoms with Gasteiger partial charge in [0.25, 0.3) is 0 Å². The molecule has 0 aromatic heterocycles. The van der Waals surface area contributed by atoms with Crippen LogP contribution in [0, 0.1) is 6.92 Å². The second-order valence-electron chi connectivity index (χ2n) is 3.53. The van der Waals surface area contributed by atoms with E-state index in [1.165, 1.54) is 0 Å². The van der Waals surface area contributed by atoms with Gasteiger partial charge >= 0.3 is 0 Å². The summed E-state index contributed by atoms with van der Waals surface area (Å²) >= 11 is 0. The van der Waals surface area contributed by atoms with Crippen LogP contribution in [0.4, 0.5) is 0 Å². The monoisotopic (exact) mass is 207 g/mol. The minimum atomic E-state index is -0.986. The summed E-state index contributed by atoms with van der Waals surface area (Å²) in [6, 6.07) is 5.89. The molecule has 0 aliphatic rings. The maximum absolute atomic E-state index is 10.2. The van der Waals surface area contributed by atoms with Crippen molar-refractivity contribution < 1.29 is 14.6 Å². The number of carboxylic acid groups (broad SMARTS) is 1. The number of rotatable bonds is 5. The number of carboxylic acids is 1. The SMILES string of the molecule is COc1ccc(CCCC(=O)[O-])cc1C. The number of methoxy groups -OCH3 is 1. The van der Waals surface area contributed by atoms with Gasteiger partial charge in [-0.25, -0.2) is 0 Å². The van der Waals surface area contributed by atoms with Crippen molar-refractivity contribution >= 4 is 5.97 Å². The van der Waals surface area contributed by atoms with Gasteiger partial charge < -0.3 is 14.6 Å². The van der Waals surface area contributed by atoms with E-state index < -0.39 is 5.97 Å². The summed E-state index contributed by atoms with van der Waals surface area (Å²) in [5.41, 5.74) is 2.21. The predicted octanol–water partition coefficient (Wildman–Crippen LogP) is 1.08. The molecular formula is C12H15O3-. The van der Waals surface area contributed by atoms with E-state index in [4.69, 9.17) is 4.74 Å². The molecule has 0 atom stereocenters. The van der Waals surface area contributed by atoms with Crippen molar-refractivity contribution in [3.63, 3.8) is 0 Å². The molecule has 82 valence electrons. The van der Waals surface area contributed by atoms with Crippen LogP contribution in [0.25, 0.3) is 0 Å². The van der Waals surface area contributed by atoms with E-state index in [-0.39, 0.29) is 6.42 Å². The van der Waals surface area contributed by atoms with Crippen molar-refractivity contribution in [3.05, 3.63) is 29.3 Å². The van der Waals surface area contributed by atoms with Crippen LogP contribution < -0.4 is 9.84 Å². The highest BCUT2D eigenvalue weighted by Gasteiger charge is 1.99. The van der Waals surface area contributed by atoms with Crippen LogP contribution in [0.5, 0.6) is 5.75 Å². The summed E-state index contributed by atoms with van der Waals surface area (Å²) in [6.07, 6.45) is 1.50. The molecule has 1 rings (SSSR count). The van der Waals surface area contributed by atoms with Gasteiger partial charge in [0.05, 0.1) is 7.11 Å². The summed E-state index contributed by atoms with van der Waals surface area (Å²) < 4.78 is 5.14. The Balaban J connectivity index is 2.55. The van der Waals surface area contributed by atoms with E-state index in [1.807, 2.05) is 25.1 Å². The number of carbonyl (C=O) groups excluding carboxylic acids is 1. The lowest BCUT2D eigenvalue weighted by Gasteiger charge is -2.07. The molecule has 0 radical (unpaired) electrons. The highest BCUT2D eigenvalue weighted by Crippen LogP contribution is 2.19. The first-order valence-electron chi connectivity index (χ1n) is 4.97. The van der Waals surface area contributed by atoms with Crippen molar-refractivity contribution in [2.45, 2.75) is 26.2 Å². The minimum Gasteiger partial charge on any atom is -0.550 e. The Bertz CT molecular complexity index is 345. The van der Waals surface area contributed by atoms with Gasteiger partial charge in [0.1, 0.15) is 5.75 Å².